The van der Waals surface area contributed by atoms with E-state index in [2.05, 4.69) is 10.2 Å². The predicted molar refractivity (Wildman–Crippen MR) is 70.4 cm³/mol. The number of hydrogen-bond donors (Lipinski definition) is 0. The highest BCUT2D eigenvalue weighted by Gasteiger charge is 2.03. The van der Waals surface area contributed by atoms with Crippen LogP contribution in [0.4, 0.5) is 0 Å². The Morgan fingerprint density at radius 2 is 2.00 bits per heavy atom. The first-order valence-corrected chi connectivity index (χ1v) is 6.26. The molecule has 0 saturated carbocycles. The number of aromatic nitrogens is 2. The highest BCUT2D eigenvalue weighted by Crippen LogP contribution is 2.24. The monoisotopic (exact) mass is 246 g/mol. The second-order valence-electron chi connectivity index (χ2n) is 3.53. The van der Waals surface area contributed by atoms with Gasteiger partial charge in [-0.1, -0.05) is 23.5 Å². The molecule has 3 nitrogen and oxygen atoms in total. The van der Waals surface area contributed by atoms with Crippen LogP contribution in [0.2, 0.25) is 0 Å². The number of allylic oxidation sites excluding steroid dienone is 1. The molecule has 17 heavy (non-hydrogen) atoms. The fourth-order valence-electron chi connectivity index (χ4n) is 1.35. The molecule has 4 heteroatoms. The molecule has 1 aromatic carbocycles. The zero-order valence-corrected chi connectivity index (χ0v) is 10.7. The van der Waals surface area contributed by atoms with Gasteiger partial charge in [-0.2, -0.15) is 0 Å². The van der Waals surface area contributed by atoms with E-state index in [0.29, 0.717) is 6.61 Å². The van der Waals surface area contributed by atoms with Crippen LogP contribution in [-0.4, -0.2) is 16.8 Å². The summed E-state index contributed by atoms with van der Waals surface area (Å²) in [5.41, 5.74) is 1.08. The topological polar surface area (TPSA) is 35.0 Å². The van der Waals surface area contributed by atoms with Gasteiger partial charge in [0, 0.05) is 5.56 Å². The minimum absolute atomic E-state index is 0.605. The van der Waals surface area contributed by atoms with Crippen molar-refractivity contribution in [2.24, 2.45) is 0 Å². The van der Waals surface area contributed by atoms with Crippen LogP contribution in [-0.2, 0) is 0 Å². The zero-order valence-electron chi connectivity index (χ0n) is 9.88. The lowest BCUT2D eigenvalue weighted by Gasteiger charge is -2.03. The first-order chi connectivity index (χ1) is 8.29. The summed E-state index contributed by atoms with van der Waals surface area (Å²) in [7, 11) is 0. The molecular formula is C13H14N2OS. The number of aryl methyl sites for hydroxylation is 1. The van der Waals surface area contributed by atoms with Gasteiger partial charge in [0.05, 0.1) is 0 Å². The number of benzene rings is 1. The van der Waals surface area contributed by atoms with Gasteiger partial charge < -0.3 is 4.74 Å². The van der Waals surface area contributed by atoms with Gasteiger partial charge in [-0.25, -0.2) is 0 Å². The third-order valence-electron chi connectivity index (χ3n) is 2.21. The van der Waals surface area contributed by atoms with Crippen LogP contribution < -0.4 is 4.74 Å². The standard InChI is InChI=1S/C13H14N2OS/c1-3-4-9-16-12-7-5-11(6-8-12)13-15-14-10(2)17-13/h3-8H,9H2,1-2H3/b4-3+. The number of ether oxygens (including phenoxy) is 1. The van der Waals surface area contributed by atoms with Gasteiger partial charge in [0.1, 0.15) is 22.4 Å². The molecule has 0 fully saturated rings. The quantitative estimate of drug-likeness (QED) is 0.775. The Labute approximate surface area is 105 Å². The van der Waals surface area contributed by atoms with Gasteiger partial charge in [-0.15, -0.1) is 10.2 Å². The molecule has 1 heterocycles. The summed E-state index contributed by atoms with van der Waals surface area (Å²) in [6.45, 7) is 4.54. The average molecular weight is 246 g/mol. The maximum Gasteiger partial charge on any atom is 0.147 e. The lowest BCUT2D eigenvalue weighted by Crippen LogP contribution is -1.92. The molecule has 0 radical (unpaired) electrons. The van der Waals surface area contributed by atoms with Crippen LogP contribution >= 0.6 is 11.3 Å². The minimum Gasteiger partial charge on any atom is -0.490 e. The minimum atomic E-state index is 0.605. The summed E-state index contributed by atoms with van der Waals surface area (Å²) in [6, 6.07) is 7.92. The van der Waals surface area contributed by atoms with Crippen molar-refractivity contribution in [1.82, 2.24) is 10.2 Å². The second kappa shape index (κ2) is 5.59. The Kier molecular flexibility index (Phi) is 3.88. The van der Waals surface area contributed by atoms with Crippen molar-refractivity contribution >= 4 is 11.3 Å². The fourth-order valence-corrected chi connectivity index (χ4v) is 2.04. The molecule has 2 aromatic rings. The molecule has 0 saturated heterocycles. The van der Waals surface area contributed by atoms with Crippen molar-refractivity contribution in [3.05, 3.63) is 41.4 Å². The van der Waals surface area contributed by atoms with Gasteiger partial charge in [0.25, 0.3) is 0 Å². The first kappa shape index (κ1) is 11.8. The molecule has 0 bridgehead atoms. The maximum atomic E-state index is 5.52. The largest absolute Gasteiger partial charge is 0.490 e. The summed E-state index contributed by atoms with van der Waals surface area (Å²) in [6.07, 6.45) is 3.94. The van der Waals surface area contributed by atoms with Gasteiger partial charge in [-0.3, -0.25) is 0 Å². The van der Waals surface area contributed by atoms with Gasteiger partial charge >= 0.3 is 0 Å². The van der Waals surface area contributed by atoms with Crippen molar-refractivity contribution in [2.45, 2.75) is 13.8 Å². The molecule has 1 aromatic heterocycles. The molecule has 0 aliphatic carbocycles. The predicted octanol–water partition coefficient (Wildman–Crippen LogP) is 3.47. The van der Waals surface area contributed by atoms with E-state index in [1.165, 1.54) is 0 Å². The maximum absolute atomic E-state index is 5.52. The average Bonchev–Trinajstić information content (AvgIpc) is 2.77. The van der Waals surface area contributed by atoms with E-state index in [1.807, 2.05) is 50.3 Å². The van der Waals surface area contributed by atoms with Crippen molar-refractivity contribution in [3.8, 4) is 16.3 Å². The highest BCUT2D eigenvalue weighted by molar-refractivity contribution is 7.14. The van der Waals surface area contributed by atoms with E-state index in [-0.39, 0.29) is 0 Å². The number of hydrogen-bond acceptors (Lipinski definition) is 4. The molecule has 0 aliphatic rings. The van der Waals surface area contributed by atoms with Crippen LogP contribution in [0, 0.1) is 6.92 Å². The third kappa shape index (κ3) is 3.14. The lowest BCUT2D eigenvalue weighted by molar-refractivity contribution is 0.363. The SMILES string of the molecule is C/C=C/COc1ccc(-c2nnc(C)s2)cc1. The van der Waals surface area contributed by atoms with E-state index in [0.717, 1.165) is 21.3 Å². The Morgan fingerprint density at radius 3 is 2.59 bits per heavy atom. The molecule has 0 N–H and O–H groups in total. The zero-order chi connectivity index (χ0) is 12.1. The molecule has 0 amide bonds. The van der Waals surface area contributed by atoms with Crippen LogP contribution in [0.3, 0.4) is 0 Å². The number of nitrogens with zero attached hydrogens (tertiary/aromatic N) is 2. The fraction of sp³-hybridized carbons (Fsp3) is 0.231. The summed E-state index contributed by atoms with van der Waals surface area (Å²) < 4.78 is 5.52. The third-order valence-corrected chi connectivity index (χ3v) is 3.10. The molecule has 0 aliphatic heterocycles. The Balaban J connectivity index is 2.07. The molecule has 88 valence electrons. The summed E-state index contributed by atoms with van der Waals surface area (Å²) in [4.78, 5) is 0. The van der Waals surface area contributed by atoms with E-state index in [9.17, 15) is 0 Å². The smallest absolute Gasteiger partial charge is 0.147 e. The second-order valence-corrected chi connectivity index (χ2v) is 4.71. The first-order valence-electron chi connectivity index (χ1n) is 5.44. The Bertz CT molecular complexity index is 502. The Morgan fingerprint density at radius 1 is 1.24 bits per heavy atom. The van der Waals surface area contributed by atoms with E-state index in [4.69, 9.17) is 4.74 Å². The lowest BCUT2D eigenvalue weighted by atomic mass is 10.2. The van der Waals surface area contributed by atoms with Crippen LogP contribution in [0.25, 0.3) is 10.6 Å². The molecule has 0 unspecified atom stereocenters. The molecular weight excluding hydrogens is 232 g/mol. The normalized spacial score (nSPS) is 10.9. The summed E-state index contributed by atoms with van der Waals surface area (Å²) in [5, 5.41) is 10.0. The summed E-state index contributed by atoms with van der Waals surface area (Å²) >= 11 is 1.59. The van der Waals surface area contributed by atoms with Crippen LogP contribution in [0.15, 0.2) is 36.4 Å². The summed E-state index contributed by atoms with van der Waals surface area (Å²) in [5.74, 6) is 0.869. The van der Waals surface area contributed by atoms with Crippen molar-refractivity contribution < 1.29 is 4.74 Å². The van der Waals surface area contributed by atoms with Crippen molar-refractivity contribution in [3.63, 3.8) is 0 Å². The van der Waals surface area contributed by atoms with Gasteiger partial charge in [0.2, 0.25) is 0 Å². The molecule has 0 atom stereocenters. The van der Waals surface area contributed by atoms with Crippen LogP contribution in [0.1, 0.15) is 11.9 Å². The van der Waals surface area contributed by atoms with Crippen LogP contribution in [0.5, 0.6) is 5.75 Å². The van der Waals surface area contributed by atoms with E-state index >= 15 is 0 Å². The van der Waals surface area contributed by atoms with Crippen molar-refractivity contribution in [2.75, 3.05) is 6.61 Å². The van der Waals surface area contributed by atoms with E-state index < -0.39 is 0 Å². The Hall–Kier alpha value is -1.68. The molecule has 0 spiro atoms. The van der Waals surface area contributed by atoms with Gasteiger partial charge in [0.15, 0.2) is 0 Å². The molecule has 2 rings (SSSR count). The van der Waals surface area contributed by atoms with Crippen molar-refractivity contribution in [1.29, 1.82) is 0 Å². The van der Waals surface area contributed by atoms with Gasteiger partial charge in [-0.05, 0) is 38.1 Å². The number of rotatable bonds is 4. The van der Waals surface area contributed by atoms with E-state index in [1.54, 1.807) is 11.3 Å². The highest BCUT2D eigenvalue weighted by atomic mass is 32.1.